The Labute approximate surface area is 399 Å². The zero-order valence-corrected chi connectivity index (χ0v) is 42.0. The molecule has 7 atom stereocenters. The maximum Gasteiger partial charge on any atom is 0.220 e. The quantitative estimate of drug-likeness (QED) is 0.0261. The summed E-state index contributed by atoms with van der Waals surface area (Å²) in [5.74, 6) is -0.192. The zero-order chi connectivity index (χ0) is 47.3. The van der Waals surface area contributed by atoms with E-state index in [-0.39, 0.29) is 12.5 Å². The maximum absolute atomic E-state index is 13.0. The lowest BCUT2D eigenvalue weighted by molar-refractivity contribution is -0.302. The molecule has 1 aliphatic rings. The molecule has 1 saturated heterocycles. The van der Waals surface area contributed by atoms with Gasteiger partial charge in [0, 0.05) is 6.42 Å². The van der Waals surface area contributed by atoms with Crippen LogP contribution in [0, 0.1) is 0 Å². The normalized spacial score (nSPS) is 20.3. The van der Waals surface area contributed by atoms with E-state index in [1.807, 2.05) is 6.08 Å². The van der Waals surface area contributed by atoms with Crippen molar-refractivity contribution in [2.75, 3.05) is 13.2 Å². The van der Waals surface area contributed by atoms with Gasteiger partial charge in [0.25, 0.3) is 0 Å². The second-order valence-electron chi connectivity index (χ2n) is 19.0. The number of allylic oxidation sites excluding steroid dienone is 7. The highest BCUT2D eigenvalue weighted by molar-refractivity contribution is 5.76. The number of nitrogens with one attached hydrogen (secondary N) is 1. The molecule has 9 nitrogen and oxygen atoms in total. The van der Waals surface area contributed by atoms with Crippen LogP contribution in [0.4, 0.5) is 0 Å². The number of ether oxygens (including phenoxy) is 2. The van der Waals surface area contributed by atoms with Crippen LogP contribution in [0.2, 0.25) is 0 Å². The predicted molar refractivity (Wildman–Crippen MR) is 272 cm³/mol. The number of carbonyl (C=O) groups excluding carboxylic acids is 1. The highest BCUT2D eigenvalue weighted by atomic mass is 16.7. The lowest BCUT2D eigenvalue weighted by Crippen LogP contribution is -2.60. The van der Waals surface area contributed by atoms with E-state index in [2.05, 4.69) is 55.6 Å². The molecule has 0 saturated carbocycles. The molecule has 0 aliphatic carbocycles. The van der Waals surface area contributed by atoms with Gasteiger partial charge in [0.1, 0.15) is 24.4 Å². The SMILES string of the molecule is CCCCCCCC/C=C/CC/C=C/CC/C=C/C(O)C(COC1OC(CO)C(O)C(O)C1O)NC(=O)CCCCCCCCCCCC/C=C\CCCCCCCCCCCCCC. The average Bonchev–Trinajstić information content (AvgIpc) is 3.31. The van der Waals surface area contributed by atoms with Crippen LogP contribution < -0.4 is 5.32 Å². The van der Waals surface area contributed by atoms with E-state index in [9.17, 15) is 30.3 Å². The molecule has 0 bridgehead atoms. The van der Waals surface area contributed by atoms with Crippen LogP contribution in [-0.2, 0) is 14.3 Å². The van der Waals surface area contributed by atoms with Crippen molar-refractivity contribution in [2.24, 2.45) is 0 Å². The van der Waals surface area contributed by atoms with Gasteiger partial charge in [0.15, 0.2) is 6.29 Å². The number of hydrogen-bond acceptors (Lipinski definition) is 8. The molecule has 9 heteroatoms. The molecule has 1 rings (SSSR count). The number of hydrogen-bond donors (Lipinski definition) is 6. The predicted octanol–water partition coefficient (Wildman–Crippen LogP) is 13.0. The second kappa shape index (κ2) is 45.9. The van der Waals surface area contributed by atoms with Crippen molar-refractivity contribution in [3.8, 4) is 0 Å². The van der Waals surface area contributed by atoms with Gasteiger partial charge in [0.05, 0.1) is 25.4 Å². The Morgan fingerprint density at radius 1 is 0.508 bits per heavy atom. The summed E-state index contributed by atoms with van der Waals surface area (Å²) >= 11 is 0. The third-order valence-corrected chi connectivity index (χ3v) is 12.9. The Morgan fingerprint density at radius 2 is 0.877 bits per heavy atom. The monoisotopic (exact) mass is 918 g/mol. The van der Waals surface area contributed by atoms with Gasteiger partial charge < -0.3 is 40.3 Å². The Balaban J connectivity index is 2.25. The molecule has 0 spiro atoms. The van der Waals surface area contributed by atoms with Crippen LogP contribution in [0.3, 0.4) is 0 Å². The fraction of sp³-hybridized carbons (Fsp3) is 0.839. The van der Waals surface area contributed by atoms with E-state index >= 15 is 0 Å². The van der Waals surface area contributed by atoms with Crippen molar-refractivity contribution in [3.63, 3.8) is 0 Å². The summed E-state index contributed by atoms with van der Waals surface area (Å²) in [7, 11) is 0. The molecule has 0 aromatic carbocycles. The van der Waals surface area contributed by atoms with Gasteiger partial charge in [0.2, 0.25) is 5.91 Å². The highest BCUT2D eigenvalue weighted by Crippen LogP contribution is 2.23. The van der Waals surface area contributed by atoms with Crippen LogP contribution in [0.5, 0.6) is 0 Å². The van der Waals surface area contributed by atoms with Crippen LogP contribution >= 0.6 is 0 Å². The van der Waals surface area contributed by atoms with Gasteiger partial charge in [-0.1, -0.05) is 217 Å². The molecule has 0 aromatic heterocycles. The molecule has 1 fully saturated rings. The molecule has 1 heterocycles. The minimum Gasteiger partial charge on any atom is -0.394 e. The summed E-state index contributed by atoms with van der Waals surface area (Å²) in [5, 5.41) is 54.3. The summed E-state index contributed by atoms with van der Waals surface area (Å²) in [6.07, 6.45) is 53.2. The Morgan fingerprint density at radius 3 is 1.29 bits per heavy atom. The molecule has 6 N–H and O–H groups in total. The van der Waals surface area contributed by atoms with Crippen molar-refractivity contribution in [1.29, 1.82) is 0 Å². The maximum atomic E-state index is 13.0. The average molecular weight is 918 g/mol. The van der Waals surface area contributed by atoms with Crippen molar-refractivity contribution in [3.05, 3.63) is 48.6 Å². The third-order valence-electron chi connectivity index (χ3n) is 12.9. The summed E-state index contributed by atoms with van der Waals surface area (Å²) in [6, 6.07) is -0.829. The van der Waals surface area contributed by atoms with Crippen LogP contribution in [0.1, 0.15) is 245 Å². The lowest BCUT2D eigenvalue weighted by Gasteiger charge is -2.40. The number of rotatable bonds is 46. The van der Waals surface area contributed by atoms with Gasteiger partial charge in [-0.2, -0.15) is 0 Å². The van der Waals surface area contributed by atoms with Gasteiger partial charge >= 0.3 is 0 Å². The number of aliphatic hydroxyl groups excluding tert-OH is 5. The van der Waals surface area contributed by atoms with Crippen molar-refractivity contribution in [2.45, 2.75) is 288 Å². The molecular formula is C56H103NO8. The first-order valence-corrected chi connectivity index (χ1v) is 27.4. The Bertz CT molecular complexity index is 1160. The highest BCUT2D eigenvalue weighted by Gasteiger charge is 2.44. The van der Waals surface area contributed by atoms with Crippen LogP contribution in [0.25, 0.3) is 0 Å². The number of amides is 1. The van der Waals surface area contributed by atoms with Gasteiger partial charge in [-0.25, -0.2) is 0 Å². The van der Waals surface area contributed by atoms with Crippen LogP contribution in [-0.4, -0.2) is 87.5 Å². The molecule has 1 amide bonds. The summed E-state index contributed by atoms with van der Waals surface area (Å²) in [5.41, 5.74) is 0. The van der Waals surface area contributed by atoms with E-state index < -0.39 is 49.5 Å². The van der Waals surface area contributed by atoms with Crippen molar-refractivity contribution in [1.82, 2.24) is 5.32 Å². The van der Waals surface area contributed by atoms with Crippen molar-refractivity contribution < 1.29 is 39.8 Å². The summed E-state index contributed by atoms with van der Waals surface area (Å²) < 4.78 is 11.2. The topological polar surface area (TPSA) is 149 Å². The number of carbonyl (C=O) groups is 1. The lowest BCUT2D eigenvalue weighted by atomic mass is 9.99. The summed E-state index contributed by atoms with van der Waals surface area (Å²) in [4.78, 5) is 13.0. The van der Waals surface area contributed by atoms with Gasteiger partial charge in [-0.05, 0) is 70.6 Å². The molecule has 1 aliphatic heterocycles. The van der Waals surface area contributed by atoms with E-state index in [4.69, 9.17) is 9.47 Å². The standard InChI is InChI=1S/C56H103NO8/c1-3-5-7-9-11-13-15-17-19-21-22-23-24-25-26-27-28-29-30-32-34-36-38-40-42-44-46-52(60)57-49(48-64-56-55(63)54(62)53(61)51(47-58)65-56)50(59)45-43-41-39-37-35-33-31-20-18-16-14-12-10-8-6-4-2/h18,20,25-26,35,37,43,45,49-51,53-56,58-59,61-63H,3-17,19,21-24,27-34,36,38-42,44,46-48H2,1-2H3,(H,57,60)/b20-18+,26-25-,37-35+,45-43+. The first-order valence-electron chi connectivity index (χ1n) is 27.4. The second-order valence-corrected chi connectivity index (χ2v) is 19.0. The fourth-order valence-corrected chi connectivity index (χ4v) is 8.48. The zero-order valence-electron chi connectivity index (χ0n) is 42.0. The fourth-order valence-electron chi connectivity index (χ4n) is 8.48. The van der Waals surface area contributed by atoms with Crippen molar-refractivity contribution >= 4 is 5.91 Å². The largest absolute Gasteiger partial charge is 0.394 e. The third kappa shape index (κ3) is 35.9. The van der Waals surface area contributed by atoms with E-state index in [1.165, 1.54) is 173 Å². The van der Waals surface area contributed by atoms with E-state index in [0.717, 1.165) is 51.4 Å². The minimum absolute atomic E-state index is 0.192. The molecule has 0 radical (unpaired) electrons. The van der Waals surface area contributed by atoms with E-state index in [1.54, 1.807) is 6.08 Å². The van der Waals surface area contributed by atoms with E-state index in [0.29, 0.717) is 6.42 Å². The smallest absolute Gasteiger partial charge is 0.220 e. The molecule has 7 unspecified atom stereocenters. The Hall–Kier alpha value is -1.85. The molecule has 0 aromatic rings. The minimum atomic E-state index is -1.57. The molecule has 65 heavy (non-hydrogen) atoms. The first kappa shape index (κ1) is 61.2. The summed E-state index contributed by atoms with van der Waals surface area (Å²) in [6.45, 7) is 3.76. The van der Waals surface area contributed by atoms with Crippen LogP contribution in [0.15, 0.2) is 48.6 Å². The first-order chi connectivity index (χ1) is 31.8. The molecule has 380 valence electrons. The Kier molecular flexibility index (Phi) is 43.2. The van der Waals surface area contributed by atoms with Gasteiger partial charge in [-0.3, -0.25) is 4.79 Å². The number of aliphatic hydroxyl groups is 5. The molecular weight excluding hydrogens is 815 g/mol. The number of unbranched alkanes of at least 4 members (excludes halogenated alkanes) is 30. The van der Waals surface area contributed by atoms with Gasteiger partial charge in [-0.15, -0.1) is 0 Å².